The highest BCUT2D eigenvalue weighted by Gasteiger charge is 2.26. The number of nitrogens with zero attached hydrogens (tertiary/aromatic N) is 3. The number of aliphatic hydroxyl groups is 1. The molecule has 0 spiro atoms. The van der Waals surface area contributed by atoms with Gasteiger partial charge in [-0.3, -0.25) is 4.90 Å². The lowest BCUT2D eigenvalue weighted by atomic mass is 9.97. The minimum absolute atomic E-state index is 0.174. The van der Waals surface area contributed by atoms with Crippen LogP contribution in [-0.2, 0) is 6.42 Å². The van der Waals surface area contributed by atoms with Crippen molar-refractivity contribution in [2.45, 2.75) is 46.1 Å². The van der Waals surface area contributed by atoms with Crippen molar-refractivity contribution in [3.63, 3.8) is 0 Å². The molecular formula is C14H25N3O2. The highest BCUT2D eigenvalue weighted by molar-refractivity contribution is 4.91. The van der Waals surface area contributed by atoms with Crippen molar-refractivity contribution in [3.05, 3.63) is 11.8 Å². The van der Waals surface area contributed by atoms with Crippen molar-refractivity contribution < 1.29 is 9.52 Å². The lowest BCUT2D eigenvalue weighted by Gasteiger charge is -2.33. The Hall–Kier alpha value is -0.940. The van der Waals surface area contributed by atoms with Crippen LogP contribution in [0.25, 0.3) is 0 Å². The smallest absolute Gasteiger partial charge is 0.233 e. The maximum absolute atomic E-state index is 9.16. The molecule has 108 valence electrons. The van der Waals surface area contributed by atoms with Crippen molar-refractivity contribution in [2.24, 2.45) is 11.8 Å². The fourth-order valence-electron chi connectivity index (χ4n) is 2.55. The fraction of sp³-hybridized carbons (Fsp3) is 0.857. The minimum atomic E-state index is 0.174. The highest BCUT2D eigenvalue weighted by Crippen LogP contribution is 2.25. The van der Waals surface area contributed by atoms with Crippen molar-refractivity contribution in [2.75, 3.05) is 19.7 Å². The summed E-state index contributed by atoms with van der Waals surface area (Å²) in [6.45, 7) is 8.70. The molecule has 5 heteroatoms. The molecule has 0 amide bonds. The number of aromatic nitrogens is 2. The van der Waals surface area contributed by atoms with Gasteiger partial charge in [0.05, 0.1) is 6.04 Å². The second kappa shape index (κ2) is 6.48. The lowest BCUT2D eigenvalue weighted by molar-refractivity contribution is 0.0952. The predicted octanol–water partition coefficient (Wildman–Crippen LogP) is 2.03. The molecule has 5 nitrogen and oxygen atoms in total. The molecule has 19 heavy (non-hydrogen) atoms. The summed E-state index contributed by atoms with van der Waals surface area (Å²) in [5.74, 6) is 2.45. The van der Waals surface area contributed by atoms with Crippen LogP contribution in [0.2, 0.25) is 0 Å². The van der Waals surface area contributed by atoms with Gasteiger partial charge in [-0.15, -0.1) is 10.2 Å². The zero-order valence-corrected chi connectivity index (χ0v) is 12.2. The van der Waals surface area contributed by atoms with Gasteiger partial charge >= 0.3 is 0 Å². The van der Waals surface area contributed by atoms with E-state index in [4.69, 9.17) is 9.52 Å². The first kappa shape index (κ1) is 14.5. The number of piperidine rings is 1. The van der Waals surface area contributed by atoms with E-state index in [2.05, 4.69) is 35.9 Å². The molecule has 1 fully saturated rings. The van der Waals surface area contributed by atoms with Crippen LogP contribution in [0.5, 0.6) is 0 Å². The molecule has 2 rings (SSSR count). The maximum atomic E-state index is 9.16. The summed E-state index contributed by atoms with van der Waals surface area (Å²) in [5, 5.41) is 17.5. The second-order valence-electron chi connectivity index (χ2n) is 5.97. The summed E-state index contributed by atoms with van der Waals surface area (Å²) < 4.78 is 5.75. The largest absolute Gasteiger partial charge is 0.424 e. The minimum Gasteiger partial charge on any atom is -0.424 e. The first-order chi connectivity index (χ1) is 9.10. The highest BCUT2D eigenvalue weighted by atomic mass is 16.4. The summed E-state index contributed by atoms with van der Waals surface area (Å²) in [6, 6.07) is 0.174. The summed E-state index contributed by atoms with van der Waals surface area (Å²) in [5.41, 5.74) is 0. The van der Waals surface area contributed by atoms with E-state index < -0.39 is 0 Å². The number of hydrogen-bond donors (Lipinski definition) is 1. The molecular weight excluding hydrogens is 242 g/mol. The van der Waals surface area contributed by atoms with Crippen LogP contribution in [0.1, 0.15) is 51.4 Å². The Morgan fingerprint density at radius 2 is 1.95 bits per heavy atom. The van der Waals surface area contributed by atoms with Crippen LogP contribution in [-0.4, -0.2) is 39.9 Å². The molecule has 1 aliphatic heterocycles. The summed E-state index contributed by atoms with van der Waals surface area (Å²) in [4.78, 5) is 2.36. The maximum Gasteiger partial charge on any atom is 0.233 e. The third-order valence-corrected chi connectivity index (χ3v) is 3.88. The molecule has 1 saturated heterocycles. The topological polar surface area (TPSA) is 62.4 Å². The van der Waals surface area contributed by atoms with Gasteiger partial charge in [0.1, 0.15) is 0 Å². The first-order valence-electron chi connectivity index (χ1n) is 7.27. The molecule has 1 N–H and O–H groups in total. The van der Waals surface area contributed by atoms with E-state index in [1.807, 2.05) is 0 Å². The van der Waals surface area contributed by atoms with Gasteiger partial charge in [0, 0.05) is 13.0 Å². The number of aliphatic hydroxyl groups excluding tert-OH is 1. The van der Waals surface area contributed by atoms with Crippen molar-refractivity contribution in [1.29, 1.82) is 0 Å². The van der Waals surface area contributed by atoms with Crippen LogP contribution in [0.4, 0.5) is 0 Å². The van der Waals surface area contributed by atoms with Crippen LogP contribution in [0.3, 0.4) is 0 Å². The molecule has 1 unspecified atom stereocenters. The van der Waals surface area contributed by atoms with Gasteiger partial charge in [0.25, 0.3) is 0 Å². The quantitative estimate of drug-likeness (QED) is 0.884. The Kier molecular flexibility index (Phi) is 4.93. The predicted molar refractivity (Wildman–Crippen MR) is 72.6 cm³/mol. The number of hydrogen-bond acceptors (Lipinski definition) is 5. The molecule has 0 radical (unpaired) electrons. The van der Waals surface area contributed by atoms with E-state index in [1.165, 1.54) is 0 Å². The van der Waals surface area contributed by atoms with Crippen LogP contribution in [0, 0.1) is 11.8 Å². The molecule has 1 atom stereocenters. The normalized spacial score (nSPS) is 20.1. The van der Waals surface area contributed by atoms with E-state index in [0.717, 1.165) is 44.1 Å². The summed E-state index contributed by atoms with van der Waals surface area (Å²) in [7, 11) is 0. The Bertz CT molecular complexity index is 384. The standard InChI is InChI=1S/C14H25N3O2/c1-10(2)8-13-15-16-14(19-13)11(3)17-6-4-12(9-18)5-7-17/h10-12,18H,4-9H2,1-3H3. The molecule has 1 aromatic heterocycles. The number of likely N-dealkylation sites (tertiary alicyclic amines) is 1. The lowest BCUT2D eigenvalue weighted by Crippen LogP contribution is -2.36. The molecule has 0 saturated carbocycles. The molecule has 2 heterocycles. The van der Waals surface area contributed by atoms with E-state index in [9.17, 15) is 0 Å². The second-order valence-corrected chi connectivity index (χ2v) is 5.97. The van der Waals surface area contributed by atoms with Gasteiger partial charge < -0.3 is 9.52 Å². The van der Waals surface area contributed by atoms with Crippen molar-refractivity contribution >= 4 is 0 Å². The number of rotatable bonds is 5. The van der Waals surface area contributed by atoms with E-state index in [1.54, 1.807) is 0 Å². The van der Waals surface area contributed by atoms with Gasteiger partial charge in [0.15, 0.2) is 0 Å². The summed E-state index contributed by atoms with van der Waals surface area (Å²) in [6.07, 6.45) is 2.94. The van der Waals surface area contributed by atoms with Gasteiger partial charge in [-0.1, -0.05) is 13.8 Å². The fourth-order valence-corrected chi connectivity index (χ4v) is 2.55. The first-order valence-corrected chi connectivity index (χ1v) is 7.27. The van der Waals surface area contributed by atoms with E-state index >= 15 is 0 Å². The molecule has 0 aromatic carbocycles. The Morgan fingerprint density at radius 3 is 2.53 bits per heavy atom. The SMILES string of the molecule is CC(C)Cc1nnc(C(C)N2CCC(CO)CC2)o1. The van der Waals surface area contributed by atoms with Crippen LogP contribution in [0.15, 0.2) is 4.42 Å². The van der Waals surface area contributed by atoms with Crippen molar-refractivity contribution in [3.8, 4) is 0 Å². The Labute approximate surface area is 115 Å². The Balaban J connectivity index is 1.92. The van der Waals surface area contributed by atoms with Crippen molar-refractivity contribution in [1.82, 2.24) is 15.1 Å². The van der Waals surface area contributed by atoms with Gasteiger partial charge in [-0.2, -0.15) is 0 Å². The van der Waals surface area contributed by atoms with E-state index in [-0.39, 0.29) is 6.04 Å². The molecule has 1 aromatic rings. The summed E-state index contributed by atoms with van der Waals surface area (Å²) >= 11 is 0. The average Bonchev–Trinajstić information content (AvgIpc) is 2.85. The van der Waals surface area contributed by atoms with Gasteiger partial charge in [-0.25, -0.2) is 0 Å². The van der Waals surface area contributed by atoms with E-state index in [0.29, 0.717) is 18.4 Å². The van der Waals surface area contributed by atoms with Gasteiger partial charge in [0.2, 0.25) is 11.8 Å². The average molecular weight is 267 g/mol. The zero-order valence-electron chi connectivity index (χ0n) is 12.2. The monoisotopic (exact) mass is 267 g/mol. The van der Waals surface area contributed by atoms with Crippen LogP contribution < -0.4 is 0 Å². The molecule has 0 bridgehead atoms. The Morgan fingerprint density at radius 1 is 1.26 bits per heavy atom. The third kappa shape index (κ3) is 3.76. The van der Waals surface area contributed by atoms with Gasteiger partial charge in [-0.05, 0) is 44.7 Å². The van der Waals surface area contributed by atoms with Crippen LogP contribution >= 0.6 is 0 Å². The molecule has 0 aliphatic carbocycles. The molecule has 1 aliphatic rings. The third-order valence-electron chi connectivity index (χ3n) is 3.88. The zero-order chi connectivity index (χ0) is 13.8.